The van der Waals surface area contributed by atoms with Crippen molar-refractivity contribution in [2.24, 2.45) is 5.10 Å². The Morgan fingerprint density at radius 2 is 1.42 bits per heavy atom. The molecule has 0 aliphatic heterocycles. The number of aromatic nitrogens is 1. The summed E-state index contributed by atoms with van der Waals surface area (Å²) in [6.45, 7) is 3.95. The van der Waals surface area contributed by atoms with Crippen LogP contribution in [-0.4, -0.2) is 19.6 Å². The highest BCUT2D eigenvalue weighted by Crippen LogP contribution is 2.39. The number of anilines is 1. The van der Waals surface area contributed by atoms with Crippen molar-refractivity contribution in [2.45, 2.75) is 18.7 Å². The van der Waals surface area contributed by atoms with Crippen molar-refractivity contribution in [3.05, 3.63) is 120 Å². The Hall–Kier alpha value is -4.27. The molecule has 0 bridgehead atoms. The van der Waals surface area contributed by atoms with Crippen LogP contribution in [0.25, 0.3) is 21.7 Å². The molecular weight excluding hydrogens is 514 g/mol. The Morgan fingerprint density at radius 3 is 2.13 bits per heavy atom. The molecule has 0 amide bonds. The van der Waals surface area contributed by atoms with Gasteiger partial charge in [-0.2, -0.15) is 13.5 Å². The van der Waals surface area contributed by atoms with E-state index in [1.165, 1.54) is 35.2 Å². The molecular formula is C30H25N3O3S2. The lowest BCUT2D eigenvalue weighted by Crippen LogP contribution is -2.11. The van der Waals surface area contributed by atoms with E-state index in [-0.39, 0.29) is 10.6 Å². The first-order valence-corrected chi connectivity index (χ1v) is 14.1. The molecule has 5 rings (SSSR count). The molecule has 8 heteroatoms. The third-order valence-corrected chi connectivity index (χ3v) is 8.04. The van der Waals surface area contributed by atoms with Crippen molar-refractivity contribution in [2.75, 3.05) is 5.43 Å². The standard InChI is InChI=1S/C30H25N3O3S2/c1-21-12-16-23(17-13-21)28-29(24-8-4-3-5-9-24)37-30(32-28)33-31-20-25-10-6-7-11-27(25)36-38(34,35)26-18-14-22(2)15-19-26/h3-20H,1-2H3,(H,32,33)/b31-20-. The quantitative estimate of drug-likeness (QED) is 0.127. The highest BCUT2D eigenvalue weighted by atomic mass is 32.2. The maximum absolute atomic E-state index is 12.8. The van der Waals surface area contributed by atoms with E-state index >= 15 is 0 Å². The van der Waals surface area contributed by atoms with Crippen LogP contribution in [0.4, 0.5) is 5.13 Å². The van der Waals surface area contributed by atoms with E-state index < -0.39 is 10.1 Å². The van der Waals surface area contributed by atoms with Crippen LogP contribution in [0.15, 0.2) is 113 Å². The maximum Gasteiger partial charge on any atom is 0.339 e. The van der Waals surface area contributed by atoms with Crippen molar-refractivity contribution < 1.29 is 12.6 Å². The zero-order chi connectivity index (χ0) is 26.5. The van der Waals surface area contributed by atoms with E-state index in [1.807, 2.05) is 25.1 Å². The second-order valence-electron chi connectivity index (χ2n) is 8.69. The van der Waals surface area contributed by atoms with Gasteiger partial charge in [-0.25, -0.2) is 4.98 Å². The zero-order valence-electron chi connectivity index (χ0n) is 20.8. The third kappa shape index (κ3) is 5.82. The van der Waals surface area contributed by atoms with E-state index in [1.54, 1.807) is 36.4 Å². The zero-order valence-corrected chi connectivity index (χ0v) is 22.5. The Kier molecular flexibility index (Phi) is 7.35. The van der Waals surface area contributed by atoms with Crippen molar-refractivity contribution in [3.8, 4) is 27.4 Å². The summed E-state index contributed by atoms with van der Waals surface area (Å²) in [7, 11) is -3.99. The first kappa shape index (κ1) is 25.4. The van der Waals surface area contributed by atoms with Crippen LogP contribution in [0.3, 0.4) is 0 Å². The van der Waals surface area contributed by atoms with Crippen LogP contribution in [0.1, 0.15) is 16.7 Å². The Morgan fingerprint density at radius 1 is 0.789 bits per heavy atom. The number of nitrogens with one attached hydrogen (secondary N) is 1. The molecule has 6 nitrogen and oxygen atoms in total. The van der Waals surface area contributed by atoms with Gasteiger partial charge in [-0.15, -0.1) is 0 Å². The maximum atomic E-state index is 12.8. The molecule has 0 saturated carbocycles. The molecule has 190 valence electrons. The normalized spacial score (nSPS) is 11.5. The van der Waals surface area contributed by atoms with Crippen LogP contribution >= 0.6 is 11.3 Å². The number of benzene rings is 4. The summed E-state index contributed by atoms with van der Waals surface area (Å²) in [5.74, 6) is 0.183. The lowest BCUT2D eigenvalue weighted by atomic mass is 10.1. The smallest absolute Gasteiger partial charge is 0.339 e. The highest BCUT2D eigenvalue weighted by molar-refractivity contribution is 7.87. The number of aryl methyl sites for hydroxylation is 2. The van der Waals surface area contributed by atoms with Crippen LogP contribution in [0, 0.1) is 13.8 Å². The second kappa shape index (κ2) is 11.0. The summed E-state index contributed by atoms with van der Waals surface area (Å²) in [5, 5.41) is 4.95. The van der Waals surface area contributed by atoms with E-state index in [0.29, 0.717) is 10.7 Å². The van der Waals surface area contributed by atoms with Gasteiger partial charge >= 0.3 is 10.1 Å². The Bertz CT molecular complexity index is 1680. The monoisotopic (exact) mass is 539 g/mol. The van der Waals surface area contributed by atoms with Crippen molar-refractivity contribution in [3.63, 3.8) is 0 Å². The van der Waals surface area contributed by atoms with Gasteiger partial charge in [-0.3, -0.25) is 5.43 Å². The molecule has 5 aromatic rings. The minimum absolute atomic E-state index is 0.0906. The summed E-state index contributed by atoms with van der Waals surface area (Å²) in [6.07, 6.45) is 1.52. The lowest BCUT2D eigenvalue weighted by Gasteiger charge is -2.09. The fraction of sp³-hybridized carbons (Fsp3) is 0.0667. The summed E-state index contributed by atoms with van der Waals surface area (Å²) in [4.78, 5) is 5.93. The largest absolute Gasteiger partial charge is 0.378 e. The van der Waals surface area contributed by atoms with Gasteiger partial charge < -0.3 is 4.18 Å². The van der Waals surface area contributed by atoms with Crippen LogP contribution in [-0.2, 0) is 10.1 Å². The highest BCUT2D eigenvalue weighted by Gasteiger charge is 2.18. The minimum atomic E-state index is -3.99. The summed E-state index contributed by atoms with van der Waals surface area (Å²) < 4.78 is 31.1. The van der Waals surface area contributed by atoms with Gasteiger partial charge in [0.15, 0.2) is 5.75 Å². The minimum Gasteiger partial charge on any atom is -0.378 e. The SMILES string of the molecule is Cc1ccc(-c2nc(N/N=C\c3ccccc3OS(=O)(=O)c3ccc(C)cc3)sc2-c2ccccc2)cc1. The average molecular weight is 540 g/mol. The number of hydrazone groups is 1. The number of hydrogen-bond donors (Lipinski definition) is 1. The van der Waals surface area contributed by atoms with E-state index in [9.17, 15) is 8.42 Å². The number of nitrogens with zero attached hydrogens (tertiary/aromatic N) is 2. The van der Waals surface area contributed by atoms with E-state index in [0.717, 1.165) is 27.3 Å². The molecule has 0 unspecified atom stereocenters. The Labute approximate surface area is 226 Å². The molecule has 0 saturated heterocycles. The molecule has 1 heterocycles. The summed E-state index contributed by atoms with van der Waals surface area (Å²) in [5.41, 5.74) is 8.61. The van der Waals surface area contributed by atoms with E-state index in [2.05, 4.69) is 53.8 Å². The predicted molar refractivity (Wildman–Crippen MR) is 154 cm³/mol. The van der Waals surface area contributed by atoms with Crippen molar-refractivity contribution >= 4 is 32.8 Å². The van der Waals surface area contributed by atoms with E-state index in [4.69, 9.17) is 9.17 Å². The van der Waals surface area contributed by atoms with Gasteiger partial charge in [-0.05, 0) is 43.7 Å². The van der Waals surface area contributed by atoms with Crippen molar-refractivity contribution in [1.82, 2.24) is 4.98 Å². The molecule has 1 aromatic heterocycles. The van der Waals surface area contributed by atoms with Gasteiger partial charge in [0.2, 0.25) is 5.13 Å². The molecule has 0 spiro atoms. The van der Waals surface area contributed by atoms with Crippen LogP contribution in [0.2, 0.25) is 0 Å². The second-order valence-corrected chi connectivity index (χ2v) is 11.2. The number of rotatable bonds is 8. The number of thiazole rings is 1. The first-order valence-electron chi connectivity index (χ1n) is 11.9. The molecule has 0 aliphatic rings. The average Bonchev–Trinajstić information content (AvgIpc) is 3.35. The van der Waals surface area contributed by atoms with Gasteiger partial charge in [0.25, 0.3) is 0 Å². The third-order valence-electron chi connectivity index (χ3n) is 5.78. The molecule has 38 heavy (non-hydrogen) atoms. The molecule has 0 fully saturated rings. The van der Waals surface area contributed by atoms with Crippen molar-refractivity contribution in [1.29, 1.82) is 0 Å². The first-order chi connectivity index (χ1) is 18.4. The molecule has 0 atom stereocenters. The predicted octanol–water partition coefficient (Wildman–Crippen LogP) is 7.31. The topological polar surface area (TPSA) is 80.7 Å². The summed E-state index contributed by atoms with van der Waals surface area (Å²) >= 11 is 1.50. The summed E-state index contributed by atoms with van der Waals surface area (Å²) in [6, 6.07) is 31.7. The number of hydrogen-bond acceptors (Lipinski definition) is 7. The van der Waals surface area contributed by atoms with Gasteiger partial charge in [0.1, 0.15) is 4.90 Å². The fourth-order valence-corrected chi connectivity index (χ4v) is 5.65. The fourth-order valence-electron chi connectivity index (χ4n) is 3.75. The molecule has 4 aromatic carbocycles. The molecule has 0 aliphatic carbocycles. The van der Waals surface area contributed by atoms with Gasteiger partial charge in [0.05, 0.1) is 16.8 Å². The van der Waals surface area contributed by atoms with Crippen LogP contribution in [0.5, 0.6) is 5.75 Å². The lowest BCUT2D eigenvalue weighted by molar-refractivity contribution is 0.485. The Balaban J connectivity index is 1.40. The van der Waals surface area contributed by atoms with Gasteiger partial charge in [0, 0.05) is 11.1 Å². The van der Waals surface area contributed by atoms with Gasteiger partial charge in [-0.1, -0.05) is 101 Å². The molecule has 0 radical (unpaired) electrons. The van der Waals surface area contributed by atoms with Crippen LogP contribution < -0.4 is 9.61 Å². The molecule has 1 N–H and O–H groups in total. The number of para-hydroxylation sites is 1.